The van der Waals surface area contributed by atoms with Gasteiger partial charge in [0.15, 0.2) is 5.58 Å². The summed E-state index contributed by atoms with van der Waals surface area (Å²) in [5, 5.41) is 8.22. The zero-order chi connectivity index (χ0) is 22.5. The number of benzene rings is 2. The monoisotopic (exact) mass is 431 g/mol. The van der Waals surface area contributed by atoms with E-state index in [4.69, 9.17) is 9.15 Å². The molecule has 0 radical (unpaired) electrons. The van der Waals surface area contributed by atoms with E-state index in [1.807, 2.05) is 30.3 Å². The summed E-state index contributed by atoms with van der Waals surface area (Å²) in [5.74, 6) is 0.438. The second-order valence-corrected chi connectivity index (χ2v) is 6.81. The summed E-state index contributed by atoms with van der Waals surface area (Å²) in [6, 6.07) is 17.2. The number of likely N-dealkylation sites (N-methyl/N-ethyl adjacent to an activating group) is 1. The Hall–Kier alpha value is -4.40. The third-order valence-corrected chi connectivity index (χ3v) is 4.70. The summed E-state index contributed by atoms with van der Waals surface area (Å²) in [6.45, 7) is 0. The Morgan fingerprint density at radius 2 is 1.75 bits per heavy atom. The Morgan fingerprint density at radius 3 is 2.50 bits per heavy atom. The van der Waals surface area contributed by atoms with Gasteiger partial charge in [-0.2, -0.15) is 4.98 Å². The van der Waals surface area contributed by atoms with Crippen LogP contribution in [0.2, 0.25) is 0 Å². The Balaban J connectivity index is 1.56. The highest BCUT2D eigenvalue weighted by atomic mass is 16.5. The highest BCUT2D eigenvalue weighted by Gasteiger charge is 2.21. The topological polar surface area (TPSA) is 118 Å². The van der Waals surface area contributed by atoms with Crippen LogP contribution in [-0.2, 0) is 4.79 Å². The van der Waals surface area contributed by atoms with Gasteiger partial charge in [0.2, 0.25) is 5.91 Å². The number of anilines is 1. The number of hydrogen-bond acceptors (Lipinski definition) is 7. The Morgan fingerprint density at radius 1 is 0.969 bits per heavy atom. The van der Waals surface area contributed by atoms with Crippen molar-refractivity contribution < 1.29 is 18.7 Å². The van der Waals surface area contributed by atoms with Gasteiger partial charge < -0.3 is 25.1 Å². The zero-order valence-corrected chi connectivity index (χ0v) is 17.5. The van der Waals surface area contributed by atoms with Crippen LogP contribution in [0.15, 0.2) is 71.3 Å². The van der Waals surface area contributed by atoms with Crippen LogP contribution >= 0.6 is 0 Å². The van der Waals surface area contributed by atoms with E-state index in [0.29, 0.717) is 22.6 Å². The van der Waals surface area contributed by atoms with E-state index in [9.17, 15) is 9.59 Å². The van der Waals surface area contributed by atoms with E-state index in [1.54, 1.807) is 37.4 Å². The predicted molar refractivity (Wildman–Crippen MR) is 119 cm³/mol. The predicted octanol–water partition coefficient (Wildman–Crippen LogP) is 3.27. The van der Waals surface area contributed by atoms with Gasteiger partial charge in [0.25, 0.3) is 11.9 Å². The molecule has 0 bridgehead atoms. The van der Waals surface area contributed by atoms with E-state index in [0.717, 1.165) is 5.56 Å². The molecule has 4 aromatic rings. The summed E-state index contributed by atoms with van der Waals surface area (Å²) >= 11 is 0. The van der Waals surface area contributed by atoms with Crippen LogP contribution in [0.3, 0.4) is 0 Å². The molecule has 4 rings (SSSR count). The van der Waals surface area contributed by atoms with Crippen molar-refractivity contribution in [1.82, 2.24) is 20.6 Å². The van der Waals surface area contributed by atoms with Crippen LogP contribution < -0.4 is 20.7 Å². The molecule has 0 aliphatic carbocycles. The van der Waals surface area contributed by atoms with Crippen molar-refractivity contribution >= 4 is 28.9 Å². The maximum Gasteiger partial charge on any atom is 0.296 e. The molecule has 9 nitrogen and oxygen atoms in total. The number of pyridine rings is 1. The molecular formula is C23H21N5O4. The average molecular weight is 431 g/mol. The summed E-state index contributed by atoms with van der Waals surface area (Å²) in [6.07, 6.45) is 1.50. The summed E-state index contributed by atoms with van der Waals surface area (Å²) in [4.78, 5) is 32.6. The Labute approximate surface area is 183 Å². The minimum Gasteiger partial charge on any atom is -0.457 e. The average Bonchev–Trinajstić information content (AvgIpc) is 3.24. The first-order valence-corrected chi connectivity index (χ1v) is 9.87. The first-order valence-electron chi connectivity index (χ1n) is 9.87. The lowest BCUT2D eigenvalue weighted by Gasteiger charge is -2.16. The summed E-state index contributed by atoms with van der Waals surface area (Å²) in [5.41, 5.74) is 2.11. The molecule has 32 heavy (non-hydrogen) atoms. The van der Waals surface area contributed by atoms with Gasteiger partial charge >= 0.3 is 0 Å². The molecule has 2 heterocycles. The number of hydrogen-bond donors (Lipinski definition) is 3. The van der Waals surface area contributed by atoms with Gasteiger partial charge in [-0.25, -0.2) is 0 Å². The molecule has 3 N–H and O–H groups in total. The SMILES string of the molecule is CNC(=O)c1cc(Oc2ccc3nc(N[C@H](C(=O)NC)c4ccccc4)oc3c2)ccn1. The number of oxazole rings is 1. The summed E-state index contributed by atoms with van der Waals surface area (Å²) in [7, 11) is 3.11. The van der Waals surface area contributed by atoms with Crippen LogP contribution in [0.5, 0.6) is 11.5 Å². The van der Waals surface area contributed by atoms with Crippen molar-refractivity contribution in [2.45, 2.75) is 6.04 Å². The van der Waals surface area contributed by atoms with E-state index in [-0.39, 0.29) is 23.5 Å². The number of fused-ring (bicyclic) bond motifs is 1. The van der Waals surface area contributed by atoms with Gasteiger partial charge in [-0.1, -0.05) is 30.3 Å². The summed E-state index contributed by atoms with van der Waals surface area (Å²) < 4.78 is 11.7. The number of carbonyl (C=O) groups is 2. The minimum absolute atomic E-state index is 0.209. The maximum atomic E-state index is 12.4. The minimum atomic E-state index is -0.662. The number of ether oxygens (including phenoxy) is 1. The molecule has 0 aliphatic heterocycles. The maximum absolute atomic E-state index is 12.4. The van der Waals surface area contributed by atoms with E-state index in [2.05, 4.69) is 25.9 Å². The lowest BCUT2D eigenvalue weighted by molar-refractivity contribution is -0.121. The fourth-order valence-electron chi connectivity index (χ4n) is 3.11. The van der Waals surface area contributed by atoms with Gasteiger partial charge in [0.05, 0.1) is 0 Å². The van der Waals surface area contributed by atoms with Gasteiger partial charge in [0.1, 0.15) is 28.8 Å². The fraction of sp³-hybridized carbons (Fsp3) is 0.130. The standard InChI is InChI=1S/C23H21N5O4/c1-24-21(29)18-12-16(10-11-26-18)31-15-8-9-17-19(13-15)32-23(27-17)28-20(22(30)25-2)14-6-4-3-5-7-14/h3-13,20H,1-2H3,(H,24,29)(H,25,30)(H,27,28)/t20-/m0/s1. The normalized spacial score (nSPS) is 11.6. The van der Waals surface area contributed by atoms with Crippen molar-refractivity contribution in [2.24, 2.45) is 0 Å². The fourth-order valence-corrected chi connectivity index (χ4v) is 3.11. The van der Waals surface area contributed by atoms with Crippen LogP contribution in [0.4, 0.5) is 6.01 Å². The van der Waals surface area contributed by atoms with Gasteiger partial charge in [-0.3, -0.25) is 14.6 Å². The number of nitrogens with zero attached hydrogens (tertiary/aromatic N) is 2. The van der Waals surface area contributed by atoms with Crippen molar-refractivity contribution in [3.63, 3.8) is 0 Å². The molecule has 1 atom stereocenters. The van der Waals surface area contributed by atoms with Crippen molar-refractivity contribution in [3.8, 4) is 11.5 Å². The molecule has 162 valence electrons. The first-order chi connectivity index (χ1) is 15.6. The molecular weight excluding hydrogens is 410 g/mol. The van der Waals surface area contributed by atoms with Gasteiger partial charge in [0, 0.05) is 32.4 Å². The second kappa shape index (κ2) is 9.17. The van der Waals surface area contributed by atoms with Crippen molar-refractivity contribution in [3.05, 3.63) is 78.1 Å². The molecule has 2 aromatic carbocycles. The number of nitrogens with one attached hydrogen (secondary N) is 3. The van der Waals surface area contributed by atoms with Gasteiger partial charge in [-0.15, -0.1) is 0 Å². The molecule has 0 spiro atoms. The van der Waals surface area contributed by atoms with E-state index in [1.165, 1.54) is 13.2 Å². The molecule has 9 heteroatoms. The lowest BCUT2D eigenvalue weighted by Crippen LogP contribution is -2.30. The first kappa shape index (κ1) is 20.9. The molecule has 0 saturated heterocycles. The molecule has 0 fully saturated rings. The highest BCUT2D eigenvalue weighted by molar-refractivity contribution is 5.92. The van der Waals surface area contributed by atoms with Crippen LogP contribution in [0.1, 0.15) is 22.1 Å². The smallest absolute Gasteiger partial charge is 0.296 e. The van der Waals surface area contributed by atoms with Crippen molar-refractivity contribution in [1.29, 1.82) is 0 Å². The quantitative estimate of drug-likeness (QED) is 0.411. The highest BCUT2D eigenvalue weighted by Crippen LogP contribution is 2.29. The number of rotatable bonds is 7. The van der Waals surface area contributed by atoms with Crippen LogP contribution in [0, 0.1) is 0 Å². The molecule has 2 aromatic heterocycles. The van der Waals surface area contributed by atoms with Crippen molar-refractivity contribution in [2.75, 3.05) is 19.4 Å². The molecule has 2 amide bonds. The number of amides is 2. The zero-order valence-electron chi connectivity index (χ0n) is 17.5. The largest absolute Gasteiger partial charge is 0.457 e. The van der Waals surface area contributed by atoms with E-state index < -0.39 is 6.04 Å². The Kier molecular flexibility index (Phi) is 5.98. The van der Waals surface area contributed by atoms with Crippen LogP contribution in [-0.4, -0.2) is 35.9 Å². The number of aromatic nitrogens is 2. The van der Waals surface area contributed by atoms with Crippen LogP contribution in [0.25, 0.3) is 11.1 Å². The lowest BCUT2D eigenvalue weighted by atomic mass is 10.1. The molecule has 0 aliphatic rings. The number of carbonyl (C=O) groups excluding carboxylic acids is 2. The third-order valence-electron chi connectivity index (χ3n) is 4.70. The van der Waals surface area contributed by atoms with E-state index >= 15 is 0 Å². The second-order valence-electron chi connectivity index (χ2n) is 6.81. The molecule has 0 unspecified atom stereocenters. The third kappa shape index (κ3) is 4.51. The molecule has 0 saturated carbocycles. The Bertz CT molecular complexity index is 1260. The van der Waals surface area contributed by atoms with Gasteiger partial charge in [-0.05, 0) is 23.8 Å².